The topological polar surface area (TPSA) is 63.3 Å². The van der Waals surface area contributed by atoms with E-state index in [9.17, 15) is 9.90 Å². The van der Waals surface area contributed by atoms with Crippen LogP contribution in [-0.2, 0) is 4.79 Å². The van der Waals surface area contributed by atoms with Gasteiger partial charge in [-0.3, -0.25) is 4.79 Å². The molecule has 0 aromatic carbocycles. The minimum absolute atomic E-state index is 0.0192. The molecule has 1 fully saturated rings. The molecule has 0 aromatic heterocycles. The fraction of sp³-hybridized carbons (Fsp3) is 0.824. The highest BCUT2D eigenvalue weighted by Crippen LogP contribution is 2.31. The van der Waals surface area contributed by atoms with Crippen molar-refractivity contribution in [3.63, 3.8) is 0 Å². The molecule has 3 nitrogen and oxygen atoms in total. The van der Waals surface area contributed by atoms with Crippen LogP contribution < -0.4 is 5.73 Å². The second kappa shape index (κ2) is 7.13. The Bertz CT molecular complexity index is 371. The Labute approximate surface area is 124 Å². The van der Waals surface area contributed by atoms with Gasteiger partial charge in [-0.15, -0.1) is 0 Å². The van der Waals surface area contributed by atoms with Gasteiger partial charge in [0, 0.05) is 11.8 Å². The monoisotopic (exact) mass is 281 g/mol. The molecular weight excluding hydrogens is 250 g/mol. The lowest BCUT2D eigenvalue weighted by Crippen LogP contribution is -2.35. The molecule has 1 rings (SSSR count). The largest absolute Gasteiger partial charge is 0.378 e. The summed E-state index contributed by atoms with van der Waals surface area (Å²) in [6.45, 7) is 12.5. The Hall–Kier alpha value is -1.01. The van der Waals surface area contributed by atoms with Crippen LogP contribution in [0.3, 0.4) is 0 Å². The van der Waals surface area contributed by atoms with Crippen LogP contribution >= 0.6 is 0 Å². The number of amides is 1. The smallest absolute Gasteiger partial charge is 0.217 e. The van der Waals surface area contributed by atoms with Crippen LogP contribution in [0.15, 0.2) is 0 Å². The molecular formula is C17H31NO2. The highest BCUT2D eigenvalue weighted by Gasteiger charge is 2.32. The molecule has 3 heteroatoms. The molecule has 1 aliphatic carbocycles. The van der Waals surface area contributed by atoms with E-state index in [0.29, 0.717) is 6.42 Å². The maximum absolute atomic E-state index is 10.3. The van der Waals surface area contributed by atoms with E-state index in [1.54, 1.807) is 0 Å². The number of aliphatic hydroxyl groups is 1. The molecule has 0 aliphatic heterocycles. The first-order chi connectivity index (χ1) is 8.83. The summed E-state index contributed by atoms with van der Waals surface area (Å²) >= 11 is 0. The molecule has 0 bridgehead atoms. The van der Waals surface area contributed by atoms with Gasteiger partial charge in [0.05, 0.1) is 0 Å². The van der Waals surface area contributed by atoms with Gasteiger partial charge >= 0.3 is 0 Å². The molecule has 0 spiro atoms. The average molecular weight is 281 g/mol. The second-order valence-electron chi connectivity index (χ2n) is 7.91. The standard InChI is InChI=1S/C10H16O.C7H15NO/c1-9(2,3)7-8-10(11)5-4-6-10;1-7(2,3)5-4-6(8)9/h11H,4-6H2,1-3H3;4-5H2,1-3H3,(H2,8,9). The number of hydrogen-bond acceptors (Lipinski definition) is 2. The first kappa shape index (κ1) is 19.0. The van der Waals surface area contributed by atoms with E-state index in [2.05, 4.69) is 53.4 Å². The summed E-state index contributed by atoms with van der Waals surface area (Å²) < 4.78 is 0. The lowest BCUT2D eigenvalue weighted by molar-refractivity contribution is -0.118. The van der Waals surface area contributed by atoms with Crippen molar-refractivity contribution in [2.45, 2.75) is 79.2 Å². The summed E-state index contributed by atoms with van der Waals surface area (Å²) in [5.74, 6) is 5.80. The minimum Gasteiger partial charge on any atom is -0.378 e. The lowest BCUT2D eigenvalue weighted by atomic mass is 9.80. The number of primary amides is 1. The van der Waals surface area contributed by atoms with Gasteiger partial charge in [-0.05, 0) is 51.9 Å². The third-order valence-electron chi connectivity index (χ3n) is 2.97. The minimum atomic E-state index is -0.632. The normalized spacial score (nSPS) is 16.9. The van der Waals surface area contributed by atoms with Crippen LogP contribution in [-0.4, -0.2) is 16.6 Å². The highest BCUT2D eigenvalue weighted by molar-refractivity contribution is 5.73. The van der Waals surface area contributed by atoms with Crippen LogP contribution in [0, 0.1) is 22.7 Å². The van der Waals surface area contributed by atoms with Crippen LogP contribution in [0.1, 0.15) is 73.6 Å². The van der Waals surface area contributed by atoms with E-state index in [4.69, 9.17) is 5.73 Å². The van der Waals surface area contributed by atoms with Crippen molar-refractivity contribution >= 4 is 5.91 Å². The molecule has 3 N–H and O–H groups in total. The second-order valence-corrected chi connectivity index (χ2v) is 7.91. The van der Waals surface area contributed by atoms with Crippen molar-refractivity contribution in [2.24, 2.45) is 16.6 Å². The Kier molecular flexibility index (Phi) is 6.77. The summed E-state index contributed by atoms with van der Waals surface area (Å²) in [6.07, 6.45) is 4.22. The van der Waals surface area contributed by atoms with Crippen molar-refractivity contribution in [3.8, 4) is 11.8 Å². The molecule has 1 amide bonds. The summed E-state index contributed by atoms with van der Waals surface area (Å²) in [5.41, 5.74) is 4.58. The maximum Gasteiger partial charge on any atom is 0.217 e. The first-order valence-electron chi connectivity index (χ1n) is 7.38. The number of hydrogen-bond donors (Lipinski definition) is 2. The quantitative estimate of drug-likeness (QED) is 0.763. The van der Waals surface area contributed by atoms with E-state index >= 15 is 0 Å². The van der Waals surface area contributed by atoms with Gasteiger partial charge in [-0.1, -0.05) is 32.6 Å². The number of nitrogens with two attached hydrogens (primary N) is 1. The molecule has 0 heterocycles. The van der Waals surface area contributed by atoms with Gasteiger partial charge in [0.1, 0.15) is 5.60 Å². The van der Waals surface area contributed by atoms with Gasteiger partial charge in [0.25, 0.3) is 0 Å². The molecule has 116 valence electrons. The maximum atomic E-state index is 10.3. The summed E-state index contributed by atoms with van der Waals surface area (Å²) in [5, 5.41) is 9.60. The predicted molar refractivity (Wildman–Crippen MR) is 83.9 cm³/mol. The third-order valence-corrected chi connectivity index (χ3v) is 2.97. The third kappa shape index (κ3) is 10.9. The predicted octanol–water partition coefficient (Wildman–Crippen LogP) is 3.25. The van der Waals surface area contributed by atoms with E-state index in [-0.39, 0.29) is 16.7 Å². The van der Waals surface area contributed by atoms with Gasteiger partial charge in [0.15, 0.2) is 0 Å². The Balaban J connectivity index is 0.000000370. The van der Waals surface area contributed by atoms with Crippen molar-refractivity contribution < 1.29 is 9.90 Å². The highest BCUT2D eigenvalue weighted by atomic mass is 16.3. The molecule has 0 atom stereocenters. The van der Waals surface area contributed by atoms with Gasteiger partial charge < -0.3 is 10.8 Å². The van der Waals surface area contributed by atoms with Crippen molar-refractivity contribution in [1.29, 1.82) is 0 Å². The van der Waals surface area contributed by atoms with Gasteiger partial charge in [0.2, 0.25) is 5.91 Å². The van der Waals surface area contributed by atoms with Crippen LogP contribution in [0.4, 0.5) is 0 Å². The number of carbonyl (C=O) groups is 1. The van der Waals surface area contributed by atoms with Crippen molar-refractivity contribution in [2.75, 3.05) is 0 Å². The fourth-order valence-corrected chi connectivity index (χ4v) is 1.44. The molecule has 0 radical (unpaired) electrons. The first-order valence-corrected chi connectivity index (χ1v) is 7.38. The summed E-state index contributed by atoms with van der Waals surface area (Å²) in [7, 11) is 0. The molecule has 20 heavy (non-hydrogen) atoms. The van der Waals surface area contributed by atoms with E-state index in [1.807, 2.05) is 0 Å². The molecule has 1 saturated carbocycles. The Morgan fingerprint density at radius 1 is 1.20 bits per heavy atom. The van der Waals surface area contributed by atoms with Crippen LogP contribution in [0.2, 0.25) is 0 Å². The summed E-state index contributed by atoms with van der Waals surface area (Å²) in [6, 6.07) is 0. The van der Waals surface area contributed by atoms with E-state index in [0.717, 1.165) is 25.7 Å². The van der Waals surface area contributed by atoms with Gasteiger partial charge in [-0.25, -0.2) is 0 Å². The lowest BCUT2D eigenvalue weighted by Gasteiger charge is -2.31. The molecule has 1 aliphatic rings. The Morgan fingerprint density at radius 2 is 1.70 bits per heavy atom. The van der Waals surface area contributed by atoms with Crippen LogP contribution in [0.5, 0.6) is 0 Å². The zero-order valence-corrected chi connectivity index (χ0v) is 14.0. The molecule has 0 saturated heterocycles. The average Bonchev–Trinajstić information content (AvgIpc) is 2.20. The number of carbonyl (C=O) groups excluding carboxylic acids is 1. The van der Waals surface area contributed by atoms with Crippen LogP contribution in [0.25, 0.3) is 0 Å². The van der Waals surface area contributed by atoms with Crippen molar-refractivity contribution in [3.05, 3.63) is 0 Å². The van der Waals surface area contributed by atoms with E-state index < -0.39 is 5.60 Å². The fourth-order valence-electron chi connectivity index (χ4n) is 1.44. The number of rotatable bonds is 2. The molecule has 0 unspecified atom stereocenters. The molecule has 0 aromatic rings. The van der Waals surface area contributed by atoms with Crippen molar-refractivity contribution in [1.82, 2.24) is 0 Å². The SMILES string of the molecule is CC(C)(C)C#CC1(O)CCC1.CC(C)(C)CCC(N)=O. The van der Waals surface area contributed by atoms with Gasteiger partial charge in [-0.2, -0.15) is 0 Å². The summed E-state index contributed by atoms with van der Waals surface area (Å²) in [4.78, 5) is 10.3. The zero-order chi connectivity index (χ0) is 16.0. The van der Waals surface area contributed by atoms with E-state index in [1.165, 1.54) is 0 Å². The Morgan fingerprint density at radius 3 is 1.90 bits per heavy atom. The zero-order valence-electron chi connectivity index (χ0n) is 14.0.